The molecule has 3 rings (SSSR count). The van der Waals surface area contributed by atoms with Crippen molar-refractivity contribution in [3.05, 3.63) is 65.2 Å². The van der Waals surface area contributed by atoms with Crippen LogP contribution in [0.25, 0.3) is 0 Å². The molecule has 1 saturated heterocycles. The molecule has 1 aliphatic heterocycles. The summed E-state index contributed by atoms with van der Waals surface area (Å²) in [7, 11) is 0. The normalized spacial score (nSPS) is 19.7. The number of hydrogen-bond acceptors (Lipinski definition) is 4. The molecule has 2 aromatic rings. The lowest BCUT2D eigenvalue weighted by Gasteiger charge is -2.36. The Hall–Kier alpha value is -2.46. The molecule has 0 aromatic heterocycles. The highest BCUT2D eigenvalue weighted by Crippen LogP contribution is 2.22. The van der Waals surface area contributed by atoms with Crippen LogP contribution in [0.3, 0.4) is 0 Å². The molecule has 148 valence electrons. The number of aliphatic hydroxyl groups excluding tert-OH is 2. The predicted octanol–water partition coefficient (Wildman–Crippen LogP) is 2.71. The number of benzene rings is 2. The van der Waals surface area contributed by atoms with Crippen molar-refractivity contribution in [3.8, 4) is 17.6 Å². The predicted molar refractivity (Wildman–Crippen MR) is 102 cm³/mol. The molecule has 28 heavy (non-hydrogen) atoms. The molecule has 0 amide bonds. The summed E-state index contributed by atoms with van der Waals surface area (Å²) in [5, 5.41) is 19.1. The van der Waals surface area contributed by atoms with Crippen LogP contribution in [0, 0.1) is 23.5 Å². The molecular weight excluding hydrogens is 364 g/mol. The monoisotopic (exact) mass is 387 g/mol. The van der Waals surface area contributed by atoms with Gasteiger partial charge in [-0.25, -0.2) is 8.78 Å². The number of ether oxygens (including phenoxy) is 1. The van der Waals surface area contributed by atoms with Crippen LogP contribution in [-0.2, 0) is 6.54 Å². The highest BCUT2D eigenvalue weighted by Gasteiger charge is 2.29. The Morgan fingerprint density at radius 2 is 1.82 bits per heavy atom. The van der Waals surface area contributed by atoms with Gasteiger partial charge in [0.15, 0.2) is 0 Å². The fourth-order valence-electron chi connectivity index (χ4n) is 3.20. The summed E-state index contributed by atoms with van der Waals surface area (Å²) >= 11 is 0. The van der Waals surface area contributed by atoms with Crippen molar-refractivity contribution in [1.29, 1.82) is 0 Å². The van der Waals surface area contributed by atoms with Gasteiger partial charge in [-0.15, -0.1) is 0 Å². The highest BCUT2D eigenvalue weighted by atomic mass is 19.1. The number of halogens is 2. The van der Waals surface area contributed by atoms with E-state index in [1.165, 1.54) is 0 Å². The van der Waals surface area contributed by atoms with Crippen LogP contribution in [0.15, 0.2) is 42.5 Å². The van der Waals surface area contributed by atoms with Crippen molar-refractivity contribution < 1.29 is 23.7 Å². The maximum atomic E-state index is 13.3. The molecule has 1 heterocycles. The van der Waals surface area contributed by atoms with Crippen LogP contribution in [0.2, 0.25) is 0 Å². The van der Waals surface area contributed by atoms with Crippen molar-refractivity contribution in [2.24, 2.45) is 0 Å². The van der Waals surface area contributed by atoms with Crippen LogP contribution < -0.4 is 4.74 Å². The standard InChI is InChI=1S/C22H23F2NO3/c23-18-11-19(24)13-20(12-18)28-22-8-9-25(15-21(22)27)14-17-6-4-16(5-7-17)3-1-2-10-26/h4-7,11-13,21-22,26-27H,2,8-10,14-15H2/t21-,22-/m1/s1. The SMILES string of the molecule is OCCC#Cc1ccc(CN2CC[C@@H](Oc3cc(F)cc(F)c3)[C@H](O)C2)cc1. The third-order valence-electron chi connectivity index (χ3n) is 4.56. The second-order valence-electron chi connectivity index (χ2n) is 6.82. The summed E-state index contributed by atoms with van der Waals surface area (Å²) in [4.78, 5) is 2.11. The van der Waals surface area contributed by atoms with Gasteiger partial charge in [0.25, 0.3) is 0 Å². The first-order valence-corrected chi connectivity index (χ1v) is 9.25. The minimum Gasteiger partial charge on any atom is -0.487 e. The van der Waals surface area contributed by atoms with E-state index < -0.39 is 23.8 Å². The molecule has 1 aliphatic rings. The van der Waals surface area contributed by atoms with E-state index in [-0.39, 0.29) is 12.4 Å². The van der Waals surface area contributed by atoms with Crippen LogP contribution in [0.1, 0.15) is 24.0 Å². The van der Waals surface area contributed by atoms with Gasteiger partial charge in [-0.2, -0.15) is 0 Å². The van der Waals surface area contributed by atoms with Crippen molar-refractivity contribution in [3.63, 3.8) is 0 Å². The van der Waals surface area contributed by atoms with E-state index in [0.717, 1.165) is 29.3 Å². The van der Waals surface area contributed by atoms with Gasteiger partial charge in [0.05, 0.1) is 6.61 Å². The quantitative estimate of drug-likeness (QED) is 0.775. The smallest absolute Gasteiger partial charge is 0.129 e. The van der Waals surface area contributed by atoms with E-state index in [9.17, 15) is 13.9 Å². The molecule has 0 radical (unpaired) electrons. The zero-order valence-corrected chi connectivity index (χ0v) is 15.4. The Labute approximate surface area is 163 Å². The summed E-state index contributed by atoms with van der Waals surface area (Å²) < 4.78 is 32.2. The molecule has 1 fully saturated rings. The summed E-state index contributed by atoms with van der Waals surface area (Å²) in [5.41, 5.74) is 2.00. The van der Waals surface area contributed by atoms with Crippen molar-refractivity contribution in [2.75, 3.05) is 19.7 Å². The Bertz CT molecular complexity index is 825. The molecule has 0 spiro atoms. The van der Waals surface area contributed by atoms with E-state index in [1.54, 1.807) is 0 Å². The maximum absolute atomic E-state index is 13.3. The van der Waals surface area contributed by atoms with Gasteiger partial charge in [0.1, 0.15) is 29.6 Å². The molecule has 0 unspecified atom stereocenters. The van der Waals surface area contributed by atoms with Crippen LogP contribution in [0.5, 0.6) is 5.75 Å². The van der Waals surface area contributed by atoms with E-state index in [1.807, 2.05) is 24.3 Å². The van der Waals surface area contributed by atoms with Crippen molar-refractivity contribution >= 4 is 0 Å². The van der Waals surface area contributed by atoms with E-state index in [2.05, 4.69) is 16.7 Å². The van der Waals surface area contributed by atoms with Crippen molar-refractivity contribution in [1.82, 2.24) is 4.90 Å². The van der Waals surface area contributed by atoms with Gasteiger partial charge < -0.3 is 14.9 Å². The molecule has 2 aromatic carbocycles. The average molecular weight is 387 g/mol. The number of rotatable bonds is 5. The Kier molecular flexibility index (Phi) is 6.99. The molecular formula is C22H23F2NO3. The summed E-state index contributed by atoms with van der Waals surface area (Å²) in [6, 6.07) is 10.9. The summed E-state index contributed by atoms with van der Waals surface area (Å²) in [6.07, 6.45) is -0.228. The van der Waals surface area contributed by atoms with Gasteiger partial charge >= 0.3 is 0 Å². The molecule has 0 saturated carbocycles. The average Bonchev–Trinajstić information content (AvgIpc) is 2.65. The first kappa shape index (κ1) is 20.3. The van der Waals surface area contributed by atoms with E-state index in [0.29, 0.717) is 32.5 Å². The Balaban J connectivity index is 1.53. The minimum absolute atomic E-state index is 0.0568. The largest absolute Gasteiger partial charge is 0.487 e. The van der Waals surface area contributed by atoms with Crippen LogP contribution >= 0.6 is 0 Å². The lowest BCUT2D eigenvalue weighted by Crippen LogP contribution is -2.48. The van der Waals surface area contributed by atoms with Crippen LogP contribution in [-0.4, -0.2) is 47.0 Å². The van der Waals surface area contributed by atoms with Crippen LogP contribution in [0.4, 0.5) is 8.78 Å². The summed E-state index contributed by atoms with van der Waals surface area (Å²) in [5.74, 6) is 4.56. The molecule has 0 aliphatic carbocycles. The first-order valence-electron chi connectivity index (χ1n) is 9.25. The molecule has 0 bridgehead atoms. The number of nitrogens with zero attached hydrogens (tertiary/aromatic N) is 1. The maximum Gasteiger partial charge on any atom is 0.129 e. The first-order chi connectivity index (χ1) is 13.5. The third kappa shape index (κ3) is 5.77. The second kappa shape index (κ2) is 9.65. The number of β-amino-alcohol motifs (C(OH)–C–C–N with tert-alkyl or cyclic N) is 1. The Morgan fingerprint density at radius 1 is 1.11 bits per heavy atom. The second-order valence-corrected chi connectivity index (χ2v) is 6.82. The number of piperidine rings is 1. The molecule has 2 atom stereocenters. The lowest BCUT2D eigenvalue weighted by molar-refractivity contribution is -0.0277. The Morgan fingerprint density at radius 3 is 2.46 bits per heavy atom. The van der Waals surface area contributed by atoms with Gasteiger partial charge in [-0.3, -0.25) is 4.90 Å². The molecule has 6 heteroatoms. The zero-order valence-electron chi connectivity index (χ0n) is 15.4. The highest BCUT2D eigenvalue weighted by molar-refractivity contribution is 5.36. The van der Waals surface area contributed by atoms with Gasteiger partial charge in [0.2, 0.25) is 0 Å². The van der Waals surface area contributed by atoms with Gasteiger partial charge in [0, 0.05) is 49.8 Å². The number of aliphatic hydroxyl groups is 2. The zero-order chi connectivity index (χ0) is 19.9. The fourth-order valence-corrected chi connectivity index (χ4v) is 3.20. The molecule has 4 nitrogen and oxygen atoms in total. The van der Waals surface area contributed by atoms with Gasteiger partial charge in [-0.1, -0.05) is 24.0 Å². The fraction of sp³-hybridized carbons (Fsp3) is 0.364. The summed E-state index contributed by atoms with van der Waals surface area (Å²) in [6.45, 7) is 1.86. The van der Waals surface area contributed by atoms with E-state index >= 15 is 0 Å². The molecule has 2 N–H and O–H groups in total. The number of hydrogen-bond donors (Lipinski definition) is 2. The van der Waals surface area contributed by atoms with E-state index in [4.69, 9.17) is 9.84 Å². The third-order valence-corrected chi connectivity index (χ3v) is 4.56. The lowest BCUT2D eigenvalue weighted by atomic mass is 10.0. The number of likely N-dealkylation sites (tertiary alicyclic amines) is 1. The minimum atomic E-state index is -0.747. The topological polar surface area (TPSA) is 52.9 Å². The van der Waals surface area contributed by atoms with Gasteiger partial charge in [-0.05, 0) is 24.1 Å². The van der Waals surface area contributed by atoms with Crippen molar-refractivity contribution in [2.45, 2.75) is 31.6 Å².